The Kier molecular flexibility index (Phi) is 2.92. The first-order valence-electron chi connectivity index (χ1n) is 5.68. The summed E-state index contributed by atoms with van der Waals surface area (Å²) in [5, 5.41) is 4.34. The number of para-hydroxylation sites is 2. The molecule has 2 aromatic rings. The molecule has 0 bridgehead atoms. The highest BCUT2D eigenvalue weighted by molar-refractivity contribution is 6.31. The maximum Gasteiger partial charge on any atom is 0.143 e. The van der Waals surface area contributed by atoms with E-state index in [1.54, 1.807) is 0 Å². The van der Waals surface area contributed by atoms with Gasteiger partial charge in [-0.2, -0.15) is 0 Å². The molecule has 0 unspecified atom stereocenters. The maximum absolute atomic E-state index is 6.24. The summed E-state index contributed by atoms with van der Waals surface area (Å²) in [5.74, 6) is 0. The molecule has 0 atom stereocenters. The third-order valence-corrected chi connectivity index (χ3v) is 2.97. The molecule has 0 saturated carbocycles. The van der Waals surface area contributed by atoms with Gasteiger partial charge >= 0.3 is 0 Å². The van der Waals surface area contributed by atoms with Crippen LogP contribution in [0.15, 0.2) is 72.0 Å². The van der Waals surface area contributed by atoms with Crippen molar-refractivity contribution in [2.45, 2.75) is 0 Å². The van der Waals surface area contributed by atoms with Gasteiger partial charge in [-0.25, -0.2) is 5.01 Å². The van der Waals surface area contributed by atoms with Crippen LogP contribution < -0.4 is 15.6 Å². The van der Waals surface area contributed by atoms with Crippen LogP contribution in [0.5, 0.6) is 0 Å². The lowest BCUT2D eigenvalue weighted by atomic mass is 10.3. The topological polar surface area (TPSA) is 18.5 Å². The van der Waals surface area contributed by atoms with Gasteiger partial charge in [-0.05, 0) is 24.3 Å². The van der Waals surface area contributed by atoms with Crippen molar-refractivity contribution in [1.29, 1.82) is 0 Å². The Morgan fingerprint density at radius 2 is 1.33 bits per heavy atom. The van der Waals surface area contributed by atoms with Crippen LogP contribution in [0.3, 0.4) is 0 Å². The first-order chi connectivity index (χ1) is 8.84. The van der Waals surface area contributed by atoms with E-state index in [1.165, 1.54) is 0 Å². The van der Waals surface area contributed by atoms with Crippen molar-refractivity contribution in [3.8, 4) is 0 Å². The largest absolute Gasteiger partial charge is 0.263 e. The van der Waals surface area contributed by atoms with Gasteiger partial charge in [-0.15, -0.1) is 5.53 Å². The zero-order valence-electron chi connectivity index (χ0n) is 9.62. The summed E-state index contributed by atoms with van der Waals surface area (Å²) in [5.41, 5.74) is 5.25. The van der Waals surface area contributed by atoms with Crippen LogP contribution in [0.2, 0.25) is 0 Å². The van der Waals surface area contributed by atoms with Crippen molar-refractivity contribution >= 4 is 23.0 Å². The minimum atomic E-state index is 0.630. The SMILES string of the molecule is ClC1=CN(c2ccccc2)NN1c1ccccc1. The zero-order valence-corrected chi connectivity index (χ0v) is 10.4. The smallest absolute Gasteiger partial charge is 0.143 e. The number of nitrogens with one attached hydrogen (secondary N) is 1. The van der Waals surface area contributed by atoms with E-state index in [0.29, 0.717) is 5.16 Å². The summed E-state index contributed by atoms with van der Waals surface area (Å²) in [6.45, 7) is 0. The highest BCUT2D eigenvalue weighted by Crippen LogP contribution is 2.26. The molecule has 0 aromatic heterocycles. The fourth-order valence-electron chi connectivity index (χ4n) is 1.83. The zero-order chi connectivity index (χ0) is 12.4. The molecule has 2 aromatic carbocycles. The number of halogens is 1. The van der Waals surface area contributed by atoms with Crippen LogP contribution in [-0.4, -0.2) is 0 Å². The fraction of sp³-hybridized carbons (Fsp3) is 0. The van der Waals surface area contributed by atoms with Gasteiger partial charge in [-0.3, -0.25) is 5.01 Å². The Bertz CT molecular complexity index is 554. The van der Waals surface area contributed by atoms with Crippen molar-refractivity contribution in [3.63, 3.8) is 0 Å². The number of anilines is 2. The van der Waals surface area contributed by atoms with Crippen LogP contribution in [0.1, 0.15) is 0 Å². The maximum atomic E-state index is 6.24. The second-order valence-electron chi connectivity index (χ2n) is 3.93. The van der Waals surface area contributed by atoms with E-state index in [1.807, 2.05) is 76.9 Å². The van der Waals surface area contributed by atoms with Crippen molar-refractivity contribution < 1.29 is 0 Å². The molecule has 3 rings (SSSR count). The molecular weight excluding hydrogens is 246 g/mol. The van der Waals surface area contributed by atoms with Gasteiger partial charge in [0.05, 0.1) is 17.6 Å². The molecule has 0 saturated heterocycles. The normalized spacial score (nSPS) is 14.8. The van der Waals surface area contributed by atoms with Gasteiger partial charge in [0.15, 0.2) is 0 Å². The third kappa shape index (κ3) is 2.06. The summed E-state index contributed by atoms with van der Waals surface area (Å²) in [6.07, 6.45) is 1.85. The standard InChI is InChI=1S/C14H12ClN3/c15-14-11-17(12-7-3-1-4-8-12)16-18(14)13-9-5-2-6-10-13/h1-11,16H. The van der Waals surface area contributed by atoms with E-state index in [9.17, 15) is 0 Å². The molecule has 1 aliphatic rings. The number of hydrogen-bond donors (Lipinski definition) is 1. The molecule has 3 nitrogen and oxygen atoms in total. The van der Waals surface area contributed by atoms with E-state index < -0.39 is 0 Å². The molecule has 0 spiro atoms. The van der Waals surface area contributed by atoms with Gasteiger partial charge in [0.1, 0.15) is 5.16 Å². The van der Waals surface area contributed by atoms with Crippen molar-refractivity contribution in [3.05, 3.63) is 72.0 Å². The summed E-state index contributed by atoms with van der Waals surface area (Å²) in [7, 11) is 0. The number of benzene rings is 2. The summed E-state index contributed by atoms with van der Waals surface area (Å²) in [6, 6.07) is 19.9. The Morgan fingerprint density at radius 3 is 1.94 bits per heavy atom. The van der Waals surface area contributed by atoms with E-state index in [0.717, 1.165) is 11.4 Å². The van der Waals surface area contributed by atoms with Crippen LogP contribution in [-0.2, 0) is 0 Å². The average Bonchev–Trinajstić information content (AvgIpc) is 2.83. The quantitative estimate of drug-likeness (QED) is 0.831. The molecule has 1 heterocycles. The predicted octanol–water partition coefficient (Wildman–Crippen LogP) is 3.47. The first kappa shape index (κ1) is 11.1. The summed E-state index contributed by atoms with van der Waals surface area (Å²) in [4.78, 5) is 0. The van der Waals surface area contributed by atoms with E-state index >= 15 is 0 Å². The molecule has 18 heavy (non-hydrogen) atoms. The number of rotatable bonds is 2. The molecule has 0 radical (unpaired) electrons. The third-order valence-electron chi connectivity index (χ3n) is 2.71. The molecular formula is C14H12ClN3. The van der Waals surface area contributed by atoms with Gasteiger partial charge in [0.2, 0.25) is 0 Å². The molecule has 1 N–H and O–H groups in total. The molecule has 0 fully saturated rings. The fourth-order valence-corrected chi connectivity index (χ4v) is 2.06. The lowest BCUT2D eigenvalue weighted by Gasteiger charge is -2.23. The number of nitrogens with zero attached hydrogens (tertiary/aromatic N) is 2. The Labute approximate surface area is 111 Å². The molecule has 4 heteroatoms. The molecule has 0 aliphatic carbocycles. The number of hydrogen-bond acceptors (Lipinski definition) is 3. The van der Waals surface area contributed by atoms with Gasteiger partial charge < -0.3 is 0 Å². The predicted molar refractivity (Wildman–Crippen MR) is 74.9 cm³/mol. The second kappa shape index (κ2) is 4.72. The van der Waals surface area contributed by atoms with Crippen molar-refractivity contribution in [2.24, 2.45) is 0 Å². The lowest BCUT2D eigenvalue weighted by molar-refractivity contribution is 0.751. The first-order valence-corrected chi connectivity index (χ1v) is 6.05. The minimum Gasteiger partial charge on any atom is -0.263 e. The minimum absolute atomic E-state index is 0.630. The second-order valence-corrected chi connectivity index (χ2v) is 4.32. The summed E-state index contributed by atoms with van der Waals surface area (Å²) >= 11 is 6.24. The monoisotopic (exact) mass is 257 g/mol. The lowest BCUT2D eigenvalue weighted by Crippen LogP contribution is -2.40. The Hall–Kier alpha value is -1.97. The van der Waals surface area contributed by atoms with E-state index in [2.05, 4.69) is 5.53 Å². The van der Waals surface area contributed by atoms with Crippen molar-refractivity contribution in [1.82, 2.24) is 5.53 Å². The highest BCUT2D eigenvalue weighted by atomic mass is 35.5. The van der Waals surface area contributed by atoms with E-state index in [4.69, 9.17) is 11.6 Å². The Balaban J connectivity index is 1.86. The van der Waals surface area contributed by atoms with Crippen LogP contribution in [0, 0.1) is 0 Å². The van der Waals surface area contributed by atoms with Gasteiger partial charge in [-0.1, -0.05) is 48.0 Å². The van der Waals surface area contributed by atoms with Crippen LogP contribution >= 0.6 is 11.6 Å². The van der Waals surface area contributed by atoms with Crippen LogP contribution in [0.25, 0.3) is 0 Å². The summed E-state index contributed by atoms with van der Waals surface area (Å²) < 4.78 is 0. The highest BCUT2D eigenvalue weighted by Gasteiger charge is 2.21. The van der Waals surface area contributed by atoms with Crippen molar-refractivity contribution in [2.75, 3.05) is 10.0 Å². The number of hydrazine groups is 2. The molecule has 0 amide bonds. The average molecular weight is 258 g/mol. The molecule has 90 valence electrons. The Morgan fingerprint density at radius 1 is 0.778 bits per heavy atom. The van der Waals surface area contributed by atoms with Crippen LogP contribution in [0.4, 0.5) is 11.4 Å². The molecule has 1 aliphatic heterocycles. The van der Waals surface area contributed by atoms with Gasteiger partial charge in [0.25, 0.3) is 0 Å². The van der Waals surface area contributed by atoms with E-state index in [-0.39, 0.29) is 0 Å². The van der Waals surface area contributed by atoms with Gasteiger partial charge in [0, 0.05) is 0 Å².